The Balaban J connectivity index is 2.58. The van der Waals surface area contributed by atoms with Crippen molar-refractivity contribution in [1.82, 2.24) is 15.2 Å². The molecule has 1 aromatic carbocycles. The Morgan fingerprint density at radius 1 is 1.28 bits per heavy atom. The predicted molar refractivity (Wildman–Crippen MR) is 63.3 cm³/mol. The average Bonchev–Trinajstić information content (AvgIpc) is 2.27. The van der Waals surface area contributed by atoms with Gasteiger partial charge in [0.25, 0.3) is 5.16 Å². The first kappa shape index (κ1) is 12.8. The normalized spacial score (nSPS) is 11.5. The second kappa shape index (κ2) is 4.58. The lowest BCUT2D eigenvalue weighted by molar-refractivity contribution is 0.589. The van der Waals surface area contributed by atoms with Gasteiger partial charge in [0.05, 0.1) is 11.9 Å². The van der Waals surface area contributed by atoms with Crippen LogP contribution in [0.1, 0.15) is 0 Å². The minimum absolute atomic E-state index is 0.185. The maximum Gasteiger partial charge on any atom is 0.267 e. The van der Waals surface area contributed by atoms with Gasteiger partial charge in [0.15, 0.2) is 0 Å². The zero-order valence-electron chi connectivity index (χ0n) is 9.13. The van der Waals surface area contributed by atoms with Crippen molar-refractivity contribution >= 4 is 21.4 Å². The standard InChI is InChI=1S/C10H7ClFN3O2S/c1-18(16,17)10-14-9(5-13-15-10)6-2-7(11)4-8(12)3-6/h2-5H,1H3. The van der Waals surface area contributed by atoms with Gasteiger partial charge in [-0.3, -0.25) is 0 Å². The van der Waals surface area contributed by atoms with E-state index in [9.17, 15) is 12.8 Å². The van der Waals surface area contributed by atoms with Crippen molar-refractivity contribution in [2.45, 2.75) is 5.16 Å². The van der Waals surface area contributed by atoms with Gasteiger partial charge < -0.3 is 0 Å². The van der Waals surface area contributed by atoms with Gasteiger partial charge >= 0.3 is 0 Å². The fourth-order valence-corrected chi connectivity index (χ4v) is 1.97. The smallest absolute Gasteiger partial charge is 0.221 e. The van der Waals surface area contributed by atoms with Gasteiger partial charge in [0.1, 0.15) is 5.82 Å². The third-order valence-corrected chi connectivity index (χ3v) is 3.08. The first-order valence-corrected chi connectivity index (χ1v) is 6.99. The molecular weight excluding hydrogens is 281 g/mol. The molecule has 0 unspecified atom stereocenters. The Bertz CT molecular complexity index is 686. The van der Waals surface area contributed by atoms with E-state index >= 15 is 0 Å². The molecule has 0 atom stereocenters. The molecule has 8 heteroatoms. The number of hydrogen-bond donors (Lipinski definition) is 0. The quantitative estimate of drug-likeness (QED) is 0.841. The summed E-state index contributed by atoms with van der Waals surface area (Å²) in [6.07, 6.45) is 2.20. The average molecular weight is 288 g/mol. The molecule has 0 saturated carbocycles. The van der Waals surface area contributed by atoms with Gasteiger partial charge in [-0.2, -0.15) is 5.10 Å². The molecule has 0 aliphatic carbocycles. The number of halogens is 2. The highest BCUT2D eigenvalue weighted by Gasteiger charge is 2.13. The van der Waals surface area contributed by atoms with Crippen LogP contribution in [-0.4, -0.2) is 29.9 Å². The number of sulfone groups is 1. The van der Waals surface area contributed by atoms with Gasteiger partial charge in [0.2, 0.25) is 9.84 Å². The highest BCUT2D eigenvalue weighted by molar-refractivity contribution is 7.90. The Morgan fingerprint density at radius 3 is 2.61 bits per heavy atom. The number of aromatic nitrogens is 3. The first-order valence-electron chi connectivity index (χ1n) is 4.72. The molecule has 0 saturated heterocycles. The molecule has 1 heterocycles. The molecule has 0 spiro atoms. The van der Waals surface area contributed by atoms with Crippen molar-refractivity contribution in [3.63, 3.8) is 0 Å². The molecular formula is C10H7ClFN3O2S. The topological polar surface area (TPSA) is 72.8 Å². The van der Waals surface area contributed by atoms with Gasteiger partial charge in [0, 0.05) is 16.8 Å². The van der Waals surface area contributed by atoms with Crippen molar-refractivity contribution in [1.29, 1.82) is 0 Å². The van der Waals surface area contributed by atoms with Crippen LogP contribution in [0.4, 0.5) is 4.39 Å². The zero-order valence-corrected chi connectivity index (χ0v) is 10.7. The lowest BCUT2D eigenvalue weighted by Gasteiger charge is -2.02. The molecule has 2 rings (SSSR count). The summed E-state index contributed by atoms with van der Waals surface area (Å²) in [7, 11) is -3.57. The molecule has 0 N–H and O–H groups in total. The molecule has 0 radical (unpaired) electrons. The number of benzene rings is 1. The van der Waals surface area contributed by atoms with Crippen molar-refractivity contribution in [3.05, 3.63) is 35.2 Å². The van der Waals surface area contributed by atoms with Crippen LogP contribution in [0.15, 0.2) is 29.6 Å². The summed E-state index contributed by atoms with van der Waals surface area (Å²) < 4.78 is 35.8. The highest BCUT2D eigenvalue weighted by atomic mass is 35.5. The molecule has 94 valence electrons. The second-order valence-electron chi connectivity index (χ2n) is 3.55. The van der Waals surface area contributed by atoms with Crippen LogP contribution in [-0.2, 0) is 9.84 Å². The Kier molecular flexibility index (Phi) is 3.27. The lowest BCUT2D eigenvalue weighted by Crippen LogP contribution is -2.06. The summed E-state index contributed by atoms with van der Waals surface area (Å²) in [6, 6.07) is 3.78. The molecule has 0 aliphatic rings. The molecule has 2 aromatic rings. The molecule has 0 aliphatic heterocycles. The molecule has 0 bridgehead atoms. The number of hydrogen-bond acceptors (Lipinski definition) is 5. The van der Waals surface area contributed by atoms with E-state index in [-0.39, 0.29) is 10.7 Å². The van der Waals surface area contributed by atoms with Crippen LogP contribution < -0.4 is 0 Å². The van der Waals surface area contributed by atoms with E-state index in [1.807, 2.05) is 0 Å². The monoisotopic (exact) mass is 287 g/mol. The van der Waals surface area contributed by atoms with Crippen molar-refractivity contribution in [2.75, 3.05) is 6.26 Å². The summed E-state index contributed by atoms with van der Waals surface area (Å²) in [5.41, 5.74) is 0.520. The van der Waals surface area contributed by atoms with Gasteiger partial charge in [-0.25, -0.2) is 17.8 Å². The van der Waals surface area contributed by atoms with Gasteiger partial charge in [-0.1, -0.05) is 11.6 Å². The number of rotatable bonds is 2. The maximum absolute atomic E-state index is 13.2. The first-order chi connectivity index (χ1) is 8.36. The van der Waals surface area contributed by atoms with E-state index < -0.39 is 20.8 Å². The summed E-state index contributed by atoms with van der Waals surface area (Å²) in [4.78, 5) is 3.81. The van der Waals surface area contributed by atoms with Crippen molar-refractivity contribution in [2.24, 2.45) is 0 Å². The van der Waals surface area contributed by atoms with Crippen molar-refractivity contribution in [3.8, 4) is 11.3 Å². The molecule has 18 heavy (non-hydrogen) atoms. The third-order valence-electron chi connectivity index (χ3n) is 2.03. The third kappa shape index (κ3) is 2.80. The summed E-state index contributed by atoms with van der Waals surface area (Å²) in [5.74, 6) is -0.544. The van der Waals surface area contributed by atoms with Crippen LogP contribution in [0.3, 0.4) is 0 Å². The zero-order chi connectivity index (χ0) is 13.3. The van der Waals surface area contributed by atoms with E-state index in [1.165, 1.54) is 18.3 Å². The van der Waals surface area contributed by atoms with Gasteiger partial charge in [-0.05, 0) is 18.2 Å². The SMILES string of the molecule is CS(=O)(=O)c1nncc(-c2cc(F)cc(Cl)c2)n1. The van der Waals surface area contributed by atoms with E-state index in [0.29, 0.717) is 5.56 Å². The Hall–Kier alpha value is -1.60. The molecule has 0 amide bonds. The van der Waals surface area contributed by atoms with Crippen LogP contribution in [0.25, 0.3) is 11.3 Å². The molecule has 1 aromatic heterocycles. The molecule has 5 nitrogen and oxygen atoms in total. The summed E-state index contributed by atoms with van der Waals surface area (Å²) in [6.45, 7) is 0. The number of nitrogens with zero attached hydrogens (tertiary/aromatic N) is 3. The largest absolute Gasteiger partial charge is 0.267 e. The minimum atomic E-state index is -3.57. The fourth-order valence-electron chi connectivity index (χ4n) is 1.29. The van der Waals surface area contributed by atoms with E-state index in [1.54, 1.807) is 0 Å². The van der Waals surface area contributed by atoms with E-state index in [2.05, 4.69) is 15.2 Å². The van der Waals surface area contributed by atoms with E-state index in [4.69, 9.17) is 11.6 Å². The van der Waals surface area contributed by atoms with Crippen LogP contribution in [0, 0.1) is 5.82 Å². The Labute approximate surface area is 108 Å². The predicted octanol–water partition coefficient (Wildman–Crippen LogP) is 1.73. The minimum Gasteiger partial charge on any atom is -0.221 e. The Morgan fingerprint density at radius 2 is 2.00 bits per heavy atom. The fraction of sp³-hybridized carbons (Fsp3) is 0.100. The second-order valence-corrected chi connectivity index (χ2v) is 5.90. The highest BCUT2D eigenvalue weighted by Crippen LogP contribution is 2.22. The summed E-state index contributed by atoms with van der Waals surface area (Å²) in [5, 5.41) is 6.70. The molecule has 0 fully saturated rings. The lowest BCUT2D eigenvalue weighted by atomic mass is 10.1. The van der Waals surface area contributed by atoms with Crippen LogP contribution in [0.2, 0.25) is 5.02 Å². The summed E-state index contributed by atoms with van der Waals surface area (Å²) >= 11 is 5.71. The van der Waals surface area contributed by atoms with Gasteiger partial charge in [-0.15, -0.1) is 5.10 Å². The van der Waals surface area contributed by atoms with E-state index in [0.717, 1.165) is 12.3 Å². The van der Waals surface area contributed by atoms with Crippen LogP contribution >= 0.6 is 11.6 Å². The van der Waals surface area contributed by atoms with Crippen LogP contribution in [0.5, 0.6) is 0 Å². The van der Waals surface area contributed by atoms with Crippen molar-refractivity contribution < 1.29 is 12.8 Å². The maximum atomic E-state index is 13.2.